The molecule has 0 saturated carbocycles. The third-order valence-electron chi connectivity index (χ3n) is 2.28. The van der Waals surface area contributed by atoms with Gasteiger partial charge >= 0.3 is 5.97 Å². The average molecular weight is 311 g/mol. The Labute approximate surface area is 114 Å². The number of esters is 1. The number of methoxy groups -OCH3 is 1. The molecular weight excluding hydrogens is 299 g/mol. The van der Waals surface area contributed by atoms with Crippen molar-refractivity contribution >= 4 is 33.3 Å². The molecule has 0 radical (unpaired) electrons. The van der Waals surface area contributed by atoms with Crippen LogP contribution in [0.25, 0.3) is 0 Å². The van der Waals surface area contributed by atoms with Crippen LogP contribution >= 0.6 is 11.6 Å². The van der Waals surface area contributed by atoms with Gasteiger partial charge in [0.15, 0.2) is 5.82 Å². The van der Waals surface area contributed by atoms with E-state index in [4.69, 9.17) is 17.3 Å². The fraction of sp³-hybridized carbons (Fsp3) is 0.300. The molecule has 0 aliphatic heterocycles. The third-order valence-corrected chi connectivity index (χ3v) is 4.36. The summed E-state index contributed by atoms with van der Waals surface area (Å²) in [5.41, 5.74) is 5.42. The second-order valence-electron chi connectivity index (χ2n) is 3.65. The predicted octanol–water partition coefficient (Wildman–Crippen LogP) is 0.855. The van der Waals surface area contributed by atoms with Gasteiger partial charge in [-0.2, -0.15) is 4.31 Å². The van der Waals surface area contributed by atoms with Gasteiger partial charge in [-0.25, -0.2) is 12.8 Å². The SMILES string of the molecule is COC(=O)CN(C)S(=O)(=O)c1cc(N)cc(Cl)c1F. The Morgan fingerprint density at radius 3 is 2.63 bits per heavy atom. The standard InChI is InChI=1S/C10H12ClFN2O4S/c1-14(5-9(15)18-2)19(16,17)8-4-6(13)3-7(11)10(8)12/h3-4H,5,13H2,1-2H3. The minimum absolute atomic E-state index is 0.00329. The van der Waals surface area contributed by atoms with Crippen LogP contribution in [0.2, 0.25) is 5.02 Å². The first-order valence-electron chi connectivity index (χ1n) is 4.97. The first-order chi connectivity index (χ1) is 8.70. The van der Waals surface area contributed by atoms with Gasteiger partial charge in [0.1, 0.15) is 11.4 Å². The van der Waals surface area contributed by atoms with E-state index in [1.165, 1.54) is 0 Å². The number of nitrogen functional groups attached to an aromatic ring is 1. The molecule has 0 saturated heterocycles. The lowest BCUT2D eigenvalue weighted by Crippen LogP contribution is -2.33. The van der Waals surface area contributed by atoms with E-state index in [0.717, 1.165) is 26.3 Å². The van der Waals surface area contributed by atoms with Crippen LogP contribution in [0.3, 0.4) is 0 Å². The Balaban J connectivity index is 3.24. The molecule has 0 unspecified atom stereocenters. The maximum atomic E-state index is 13.7. The number of halogens is 2. The first kappa shape index (κ1) is 15.7. The van der Waals surface area contributed by atoms with Gasteiger partial charge in [-0.05, 0) is 12.1 Å². The van der Waals surface area contributed by atoms with Crippen molar-refractivity contribution in [3.63, 3.8) is 0 Å². The van der Waals surface area contributed by atoms with Crippen molar-refractivity contribution in [2.24, 2.45) is 0 Å². The van der Waals surface area contributed by atoms with Crippen LogP contribution in [0.1, 0.15) is 0 Å². The Kier molecular flexibility index (Phi) is 4.72. The molecule has 0 aromatic heterocycles. The molecule has 0 spiro atoms. The number of nitrogens with zero attached hydrogens (tertiary/aromatic N) is 1. The van der Waals surface area contributed by atoms with Gasteiger partial charge in [0, 0.05) is 12.7 Å². The van der Waals surface area contributed by atoms with Gasteiger partial charge in [0.05, 0.1) is 12.1 Å². The molecule has 0 heterocycles. The van der Waals surface area contributed by atoms with E-state index in [-0.39, 0.29) is 5.69 Å². The van der Waals surface area contributed by atoms with Crippen molar-refractivity contribution in [1.82, 2.24) is 4.31 Å². The van der Waals surface area contributed by atoms with Crippen molar-refractivity contribution in [1.29, 1.82) is 0 Å². The molecule has 0 atom stereocenters. The zero-order valence-corrected chi connectivity index (χ0v) is 11.8. The Hall–Kier alpha value is -1.38. The molecule has 1 aromatic rings. The second kappa shape index (κ2) is 5.72. The van der Waals surface area contributed by atoms with Crippen LogP contribution in [0.5, 0.6) is 0 Å². The monoisotopic (exact) mass is 310 g/mol. The molecule has 2 N–H and O–H groups in total. The molecule has 6 nitrogen and oxygen atoms in total. The second-order valence-corrected chi connectivity index (χ2v) is 6.07. The summed E-state index contributed by atoms with van der Waals surface area (Å²) in [6.45, 7) is -0.551. The van der Waals surface area contributed by atoms with Crippen LogP contribution in [0.15, 0.2) is 17.0 Å². The van der Waals surface area contributed by atoms with E-state index in [2.05, 4.69) is 4.74 Å². The highest BCUT2D eigenvalue weighted by Gasteiger charge is 2.28. The molecule has 1 aromatic carbocycles. The van der Waals surface area contributed by atoms with Crippen LogP contribution in [0, 0.1) is 5.82 Å². The van der Waals surface area contributed by atoms with Gasteiger partial charge in [-0.15, -0.1) is 0 Å². The topological polar surface area (TPSA) is 89.7 Å². The highest BCUT2D eigenvalue weighted by atomic mass is 35.5. The van der Waals surface area contributed by atoms with Gasteiger partial charge in [0.2, 0.25) is 10.0 Å². The molecular formula is C10H12ClFN2O4S. The van der Waals surface area contributed by atoms with Crippen LogP contribution < -0.4 is 5.73 Å². The molecule has 0 aliphatic rings. The largest absolute Gasteiger partial charge is 0.468 e. The molecule has 1 rings (SSSR count). The number of carbonyl (C=O) groups excluding carboxylic acids is 1. The summed E-state index contributed by atoms with van der Waals surface area (Å²) in [5.74, 6) is -1.89. The van der Waals surface area contributed by atoms with Crippen molar-refractivity contribution in [2.75, 3.05) is 26.4 Å². The smallest absolute Gasteiger partial charge is 0.321 e. The van der Waals surface area contributed by atoms with Gasteiger partial charge in [-0.1, -0.05) is 11.6 Å². The fourth-order valence-corrected chi connectivity index (χ4v) is 2.79. The van der Waals surface area contributed by atoms with Gasteiger partial charge in [0.25, 0.3) is 0 Å². The van der Waals surface area contributed by atoms with Crippen molar-refractivity contribution in [3.05, 3.63) is 23.0 Å². The van der Waals surface area contributed by atoms with E-state index in [1.807, 2.05) is 0 Å². The van der Waals surface area contributed by atoms with Crippen LogP contribution in [0.4, 0.5) is 10.1 Å². The molecule has 0 aliphatic carbocycles. The number of nitrogens with two attached hydrogens (primary N) is 1. The number of benzene rings is 1. The minimum Gasteiger partial charge on any atom is -0.468 e. The number of rotatable bonds is 4. The summed E-state index contributed by atoms with van der Waals surface area (Å²) in [6.07, 6.45) is 0. The Bertz CT molecular complexity index is 606. The number of ether oxygens (including phenoxy) is 1. The first-order valence-corrected chi connectivity index (χ1v) is 6.79. The predicted molar refractivity (Wildman–Crippen MR) is 67.7 cm³/mol. The van der Waals surface area contributed by atoms with Gasteiger partial charge < -0.3 is 10.5 Å². The van der Waals surface area contributed by atoms with Crippen LogP contribution in [-0.4, -0.2) is 39.4 Å². The number of carbonyl (C=O) groups is 1. The van der Waals surface area contributed by atoms with E-state index in [1.54, 1.807) is 0 Å². The van der Waals surface area contributed by atoms with Crippen molar-refractivity contribution in [2.45, 2.75) is 4.90 Å². The summed E-state index contributed by atoms with van der Waals surface area (Å²) in [6, 6.07) is 2.03. The quantitative estimate of drug-likeness (QED) is 0.658. The van der Waals surface area contributed by atoms with E-state index >= 15 is 0 Å². The zero-order valence-electron chi connectivity index (χ0n) is 10.2. The summed E-state index contributed by atoms with van der Waals surface area (Å²) < 4.78 is 42.9. The number of sulfonamides is 1. The normalized spacial score (nSPS) is 11.6. The lowest BCUT2D eigenvalue weighted by atomic mass is 10.3. The molecule has 0 amide bonds. The lowest BCUT2D eigenvalue weighted by molar-refractivity contribution is -0.140. The summed E-state index contributed by atoms with van der Waals surface area (Å²) >= 11 is 5.53. The summed E-state index contributed by atoms with van der Waals surface area (Å²) in [5, 5.41) is -0.412. The Morgan fingerprint density at radius 2 is 2.11 bits per heavy atom. The lowest BCUT2D eigenvalue weighted by Gasteiger charge is -2.16. The van der Waals surface area contributed by atoms with Gasteiger partial charge in [-0.3, -0.25) is 4.79 Å². The maximum Gasteiger partial charge on any atom is 0.321 e. The molecule has 0 bridgehead atoms. The van der Waals surface area contributed by atoms with E-state index < -0.39 is 38.3 Å². The molecule has 19 heavy (non-hydrogen) atoms. The van der Waals surface area contributed by atoms with Crippen molar-refractivity contribution < 1.29 is 22.3 Å². The number of anilines is 1. The highest BCUT2D eigenvalue weighted by Crippen LogP contribution is 2.27. The number of likely N-dealkylation sites (N-methyl/N-ethyl adjacent to an activating group) is 1. The molecule has 0 fully saturated rings. The maximum absolute atomic E-state index is 13.7. The summed E-state index contributed by atoms with van der Waals surface area (Å²) in [7, 11) is -2.00. The number of hydrogen-bond donors (Lipinski definition) is 1. The minimum atomic E-state index is -4.23. The highest BCUT2D eigenvalue weighted by molar-refractivity contribution is 7.89. The van der Waals surface area contributed by atoms with Crippen molar-refractivity contribution in [3.8, 4) is 0 Å². The van der Waals surface area contributed by atoms with Crippen LogP contribution in [-0.2, 0) is 19.6 Å². The molecule has 106 valence electrons. The number of hydrogen-bond acceptors (Lipinski definition) is 5. The Morgan fingerprint density at radius 1 is 1.53 bits per heavy atom. The molecule has 9 heteroatoms. The fourth-order valence-electron chi connectivity index (χ4n) is 1.27. The third kappa shape index (κ3) is 3.34. The average Bonchev–Trinajstić information content (AvgIpc) is 2.33. The summed E-state index contributed by atoms with van der Waals surface area (Å²) in [4.78, 5) is 10.4. The van der Waals surface area contributed by atoms with E-state index in [0.29, 0.717) is 4.31 Å². The zero-order chi connectivity index (χ0) is 14.8. The van der Waals surface area contributed by atoms with E-state index in [9.17, 15) is 17.6 Å².